The van der Waals surface area contributed by atoms with Gasteiger partial charge in [0.2, 0.25) is 0 Å². The first-order chi connectivity index (χ1) is 5.61. The highest BCUT2D eigenvalue weighted by molar-refractivity contribution is 7.95. The van der Waals surface area contributed by atoms with Gasteiger partial charge in [0.25, 0.3) is 0 Å². The molecule has 0 aromatic heterocycles. The molecule has 1 aromatic rings. The van der Waals surface area contributed by atoms with Crippen molar-refractivity contribution in [3.05, 3.63) is 29.8 Å². The van der Waals surface area contributed by atoms with Crippen molar-refractivity contribution in [3.63, 3.8) is 0 Å². The molecule has 0 heterocycles. The Balaban J connectivity index is 3.04. The van der Waals surface area contributed by atoms with Crippen LogP contribution >= 0.6 is 0 Å². The standard InChI is InChI=1S/C9H10O2S/c1-12(2)8-5-3-4-7(6-8)9(10)11/h3-6H,1-2H3/p+1. The van der Waals surface area contributed by atoms with Gasteiger partial charge in [-0.2, -0.15) is 0 Å². The average molecular weight is 183 g/mol. The van der Waals surface area contributed by atoms with Crippen LogP contribution in [0.2, 0.25) is 0 Å². The molecule has 0 bridgehead atoms. The van der Waals surface area contributed by atoms with Gasteiger partial charge in [-0.3, -0.25) is 0 Å². The molecule has 2 nitrogen and oxygen atoms in total. The van der Waals surface area contributed by atoms with Crippen LogP contribution in [0.15, 0.2) is 29.2 Å². The second-order valence-electron chi connectivity index (χ2n) is 2.65. The molecule has 1 N–H and O–H groups in total. The van der Waals surface area contributed by atoms with Gasteiger partial charge in [-0.15, -0.1) is 0 Å². The number of hydrogen-bond donors (Lipinski definition) is 1. The van der Waals surface area contributed by atoms with E-state index in [1.807, 2.05) is 6.07 Å². The van der Waals surface area contributed by atoms with E-state index in [0.717, 1.165) is 4.90 Å². The first-order valence-corrected chi connectivity index (χ1v) is 5.56. The lowest BCUT2D eigenvalue weighted by Crippen LogP contribution is -2.00. The van der Waals surface area contributed by atoms with Gasteiger partial charge in [-0.1, -0.05) is 6.07 Å². The van der Waals surface area contributed by atoms with E-state index in [0.29, 0.717) is 5.56 Å². The van der Waals surface area contributed by atoms with Crippen molar-refractivity contribution in [2.24, 2.45) is 0 Å². The SMILES string of the molecule is C[S+](C)c1cccc(C(=O)O)c1. The van der Waals surface area contributed by atoms with Crippen molar-refractivity contribution >= 4 is 16.9 Å². The summed E-state index contributed by atoms with van der Waals surface area (Å²) in [4.78, 5) is 11.7. The zero-order valence-electron chi connectivity index (χ0n) is 7.07. The van der Waals surface area contributed by atoms with Crippen molar-refractivity contribution in [2.45, 2.75) is 4.90 Å². The average Bonchev–Trinajstić information content (AvgIpc) is 2.04. The first kappa shape index (κ1) is 9.13. The molecule has 0 spiro atoms. The van der Waals surface area contributed by atoms with E-state index in [9.17, 15) is 4.79 Å². The van der Waals surface area contributed by atoms with Crippen LogP contribution in [0.25, 0.3) is 0 Å². The third-order valence-corrected chi connectivity index (χ3v) is 2.75. The van der Waals surface area contributed by atoms with Crippen molar-refractivity contribution in [1.82, 2.24) is 0 Å². The maximum absolute atomic E-state index is 10.6. The van der Waals surface area contributed by atoms with E-state index in [2.05, 4.69) is 12.5 Å². The van der Waals surface area contributed by atoms with Gasteiger partial charge < -0.3 is 5.11 Å². The molecule has 12 heavy (non-hydrogen) atoms. The molecule has 0 saturated carbocycles. The molecule has 0 unspecified atom stereocenters. The number of carboxylic acid groups (broad SMARTS) is 1. The molecule has 3 heteroatoms. The van der Waals surface area contributed by atoms with Crippen LogP contribution in [0.5, 0.6) is 0 Å². The van der Waals surface area contributed by atoms with Gasteiger partial charge >= 0.3 is 5.97 Å². The topological polar surface area (TPSA) is 37.3 Å². The van der Waals surface area contributed by atoms with Crippen LogP contribution in [-0.4, -0.2) is 23.6 Å². The monoisotopic (exact) mass is 183 g/mol. The fourth-order valence-corrected chi connectivity index (χ4v) is 1.60. The number of carbonyl (C=O) groups is 1. The number of aromatic carboxylic acids is 1. The minimum atomic E-state index is -0.859. The molecular weight excluding hydrogens is 172 g/mol. The lowest BCUT2D eigenvalue weighted by atomic mass is 10.2. The smallest absolute Gasteiger partial charge is 0.335 e. The predicted octanol–water partition coefficient (Wildman–Crippen LogP) is 1.62. The Bertz CT molecular complexity index is 294. The maximum atomic E-state index is 10.6. The Morgan fingerprint density at radius 2 is 2.08 bits per heavy atom. The molecule has 1 aromatic carbocycles. The Hall–Kier alpha value is -0.960. The van der Waals surface area contributed by atoms with Crippen LogP contribution in [-0.2, 0) is 10.9 Å². The molecular formula is C9H11O2S+. The first-order valence-electron chi connectivity index (χ1n) is 3.52. The summed E-state index contributed by atoms with van der Waals surface area (Å²) in [5, 5.41) is 8.69. The van der Waals surface area contributed by atoms with Crippen molar-refractivity contribution in [2.75, 3.05) is 12.5 Å². The molecule has 64 valence electrons. The third kappa shape index (κ3) is 2.01. The predicted molar refractivity (Wildman–Crippen MR) is 50.9 cm³/mol. The summed E-state index contributed by atoms with van der Waals surface area (Å²) in [5.41, 5.74) is 0.369. The molecule has 0 aliphatic carbocycles. The molecule has 0 amide bonds. The molecule has 0 atom stereocenters. The number of rotatable bonds is 2. The second kappa shape index (κ2) is 3.63. The van der Waals surface area contributed by atoms with Crippen LogP contribution < -0.4 is 0 Å². The second-order valence-corrected chi connectivity index (χ2v) is 4.75. The number of hydrogen-bond acceptors (Lipinski definition) is 1. The van der Waals surface area contributed by atoms with E-state index in [1.165, 1.54) is 0 Å². The van der Waals surface area contributed by atoms with E-state index in [4.69, 9.17) is 5.11 Å². The molecule has 0 fully saturated rings. The van der Waals surface area contributed by atoms with Gasteiger partial charge in [-0.25, -0.2) is 4.79 Å². The molecule has 0 saturated heterocycles. The van der Waals surface area contributed by atoms with Crippen LogP contribution in [0.3, 0.4) is 0 Å². The summed E-state index contributed by atoms with van der Waals surface area (Å²) in [7, 11) is 0.131. The molecule has 0 aliphatic heterocycles. The van der Waals surface area contributed by atoms with E-state index in [-0.39, 0.29) is 10.9 Å². The summed E-state index contributed by atoms with van der Waals surface area (Å²) in [6.07, 6.45) is 4.14. The van der Waals surface area contributed by atoms with Gasteiger partial charge in [-0.05, 0) is 12.1 Å². The quantitative estimate of drug-likeness (QED) is 0.707. The lowest BCUT2D eigenvalue weighted by Gasteiger charge is -1.97. The molecule has 0 radical (unpaired) electrons. The highest BCUT2D eigenvalue weighted by Gasteiger charge is 2.10. The van der Waals surface area contributed by atoms with Crippen molar-refractivity contribution < 1.29 is 9.90 Å². The lowest BCUT2D eigenvalue weighted by molar-refractivity contribution is 0.0696. The van der Waals surface area contributed by atoms with Crippen molar-refractivity contribution in [1.29, 1.82) is 0 Å². The fraction of sp³-hybridized carbons (Fsp3) is 0.222. The van der Waals surface area contributed by atoms with E-state index >= 15 is 0 Å². The maximum Gasteiger partial charge on any atom is 0.335 e. The number of carboxylic acids is 1. The largest absolute Gasteiger partial charge is 0.478 e. The zero-order valence-corrected chi connectivity index (χ0v) is 7.89. The summed E-state index contributed by atoms with van der Waals surface area (Å²) in [6.45, 7) is 0. The minimum Gasteiger partial charge on any atom is -0.478 e. The summed E-state index contributed by atoms with van der Waals surface area (Å²) >= 11 is 0. The van der Waals surface area contributed by atoms with Gasteiger partial charge in [0.1, 0.15) is 12.5 Å². The van der Waals surface area contributed by atoms with Gasteiger partial charge in [0.15, 0.2) is 4.90 Å². The third-order valence-electron chi connectivity index (χ3n) is 1.55. The Kier molecular flexibility index (Phi) is 2.76. The summed E-state index contributed by atoms with van der Waals surface area (Å²) in [6, 6.07) is 7.07. The summed E-state index contributed by atoms with van der Waals surface area (Å²) in [5.74, 6) is -0.859. The van der Waals surface area contributed by atoms with Gasteiger partial charge in [0, 0.05) is 17.0 Å². The summed E-state index contributed by atoms with van der Waals surface area (Å²) < 4.78 is 0. The molecule has 0 aliphatic rings. The Labute approximate surface area is 74.6 Å². The van der Waals surface area contributed by atoms with Gasteiger partial charge in [0.05, 0.1) is 5.56 Å². The highest BCUT2D eigenvalue weighted by atomic mass is 32.2. The van der Waals surface area contributed by atoms with E-state index in [1.54, 1.807) is 18.2 Å². The molecule has 1 rings (SSSR count). The van der Waals surface area contributed by atoms with Crippen LogP contribution in [0, 0.1) is 0 Å². The van der Waals surface area contributed by atoms with Crippen LogP contribution in [0.1, 0.15) is 10.4 Å². The fourth-order valence-electron chi connectivity index (χ4n) is 0.883. The Morgan fingerprint density at radius 3 is 2.58 bits per heavy atom. The number of benzene rings is 1. The zero-order chi connectivity index (χ0) is 9.14. The van der Waals surface area contributed by atoms with Crippen molar-refractivity contribution in [3.8, 4) is 0 Å². The minimum absolute atomic E-state index is 0.131. The van der Waals surface area contributed by atoms with E-state index < -0.39 is 5.97 Å². The normalized spacial score (nSPS) is 10.2. The highest BCUT2D eigenvalue weighted by Crippen LogP contribution is 2.11. The van der Waals surface area contributed by atoms with Crippen LogP contribution in [0.4, 0.5) is 0 Å². The Morgan fingerprint density at radius 1 is 1.42 bits per heavy atom.